The van der Waals surface area contributed by atoms with E-state index in [1.165, 1.54) is 0 Å². The number of hydrogen-bond acceptors (Lipinski definition) is 4. The number of nitro benzene ring substituents is 1. The van der Waals surface area contributed by atoms with Crippen LogP contribution in [0, 0.1) is 13.7 Å². The van der Waals surface area contributed by atoms with Gasteiger partial charge >= 0.3 is 0 Å². The van der Waals surface area contributed by atoms with Gasteiger partial charge in [-0.1, -0.05) is 18.2 Å². The van der Waals surface area contributed by atoms with Gasteiger partial charge < -0.3 is 9.80 Å². The van der Waals surface area contributed by atoms with Gasteiger partial charge in [0.1, 0.15) is 5.69 Å². The summed E-state index contributed by atoms with van der Waals surface area (Å²) >= 11 is 2.07. The quantitative estimate of drug-likeness (QED) is 0.421. The number of carbonyl (C=O) groups is 1. The van der Waals surface area contributed by atoms with Crippen LogP contribution in [-0.2, 0) is 0 Å². The zero-order valence-electron chi connectivity index (χ0n) is 12.9. The van der Waals surface area contributed by atoms with Gasteiger partial charge in [0, 0.05) is 41.4 Å². The van der Waals surface area contributed by atoms with Crippen LogP contribution in [-0.4, -0.2) is 41.9 Å². The molecule has 24 heavy (non-hydrogen) atoms. The van der Waals surface area contributed by atoms with Gasteiger partial charge in [-0.15, -0.1) is 0 Å². The molecule has 1 amide bonds. The molecule has 2 aromatic carbocycles. The summed E-state index contributed by atoms with van der Waals surface area (Å²) in [6.07, 6.45) is 0. The van der Waals surface area contributed by atoms with Crippen LogP contribution < -0.4 is 4.90 Å². The zero-order chi connectivity index (χ0) is 17.1. The topological polar surface area (TPSA) is 66.7 Å². The van der Waals surface area contributed by atoms with E-state index in [9.17, 15) is 14.9 Å². The van der Waals surface area contributed by atoms with Crippen LogP contribution in [0.3, 0.4) is 0 Å². The first-order valence-electron chi connectivity index (χ1n) is 7.59. The number of nitro groups is 1. The molecule has 1 heterocycles. The number of anilines is 1. The van der Waals surface area contributed by atoms with Crippen molar-refractivity contribution in [3.63, 3.8) is 0 Å². The van der Waals surface area contributed by atoms with Gasteiger partial charge in [0.05, 0.1) is 4.92 Å². The highest BCUT2D eigenvalue weighted by Gasteiger charge is 2.26. The molecule has 0 N–H and O–H groups in total. The average molecular weight is 437 g/mol. The summed E-state index contributed by atoms with van der Waals surface area (Å²) in [6.45, 7) is 2.27. The molecule has 7 heteroatoms. The van der Waals surface area contributed by atoms with Crippen molar-refractivity contribution < 1.29 is 9.72 Å². The largest absolute Gasteiger partial charge is 0.362 e. The number of nitrogens with zero attached hydrogens (tertiary/aromatic N) is 3. The van der Waals surface area contributed by atoms with Crippen LogP contribution in [0.2, 0.25) is 0 Å². The van der Waals surface area contributed by atoms with E-state index < -0.39 is 0 Å². The second kappa shape index (κ2) is 7.16. The Kier molecular flexibility index (Phi) is 4.98. The molecule has 0 unspecified atom stereocenters. The Morgan fingerprint density at radius 1 is 1.04 bits per heavy atom. The summed E-state index contributed by atoms with van der Waals surface area (Å²) < 4.78 is 0.834. The minimum atomic E-state index is -0.348. The van der Waals surface area contributed by atoms with Gasteiger partial charge in [-0.3, -0.25) is 14.9 Å². The Balaban J connectivity index is 1.72. The summed E-state index contributed by atoms with van der Waals surface area (Å²) in [5, 5.41) is 11.3. The second-order valence-corrected chi connectivity index (χ2v) is 6.78. The Hall–Kier alpha value is -2.16. The van der Waals surface area contributed by atoms with Crippen LogP contribution >= 0.6 is 22.6 Å². The predicted molar refractivity (Wildman–Crippen MR) is 100 cm³/mol. The molecule has 0 spiro atoms. The highest BCUT2D eigenvalue weighted by atomic mass is 127. The van der Waals surface area contributed by atoms with Crippen molar-refractivity contribution in [2.45, 2.75) is 0 Å². The zero-order valence-corrected chi connectivity index (χ0v) is 15.0. The smallest absolute Gasteiger partial charge is 0.293 e. The summed E-state index contributed by atoms with van der Waals surface area (Å²) in [4.78, 5) is 27.2. The molecule has 0 bridgehead atoms. The summed E-state index contributed by atoms with van der Waals surface area (Å²) in [7, 11) is 0. The lowest BCUT2D eigenvalue weighted by Crippen LogP contribution is -2.48. The predicted octanol–water partition coefficient (Wildman–Crippen LogP) is 3.16. The summed E-state index contributed by atoms with van der Waals surface area (Å²) in [6, 6.07) is 14.4. The normalized spacial score (nSPS) is 14.5. The van der Waals surface area contributed by atoms with Gasteiger partial charge in [0.2, 0.25) is 0 Å². The maximum atomic E-state index is 12.5. The molecule has 124 valence electrons. The van der Waals surface area contributed by atoms with Gasteiger partial charge in [0.25, 0.3) is 11.6 Å². The van der Waals surface area contributed by atoms with Crippen molar-refractivity contribution in [1.29, 1.82) is 0 Å². The fraction of sp³-hybridized carbons (Fsp3) is 0.235. The van der Waals surface area contributed by atoms with Crippen LogP contribution in [0.5, 0.6) is 0 Å². The lowest BCUT2D eigenvalue weighted by molar-refractivity contribution is -0.384. The molecule has 1 fully saturated rings. The molecule has 1 aliphatic heterocycles. The van der Waals surface area contributed by atoms with Gasteiger partial charge in [0.15, 0.2) is 0 Å². The molecule has 2 aromatic rings. The number of carbonyl (C=O) groups excluding carboxylic acids is 1. The van der Waals surface area contributed by atoms with E-state index in [1.807, 2.05) is 29.2 Å². The van der Waals surface area contributed by atoms with Gasteiger partial charge in [-0.25, -0.2) is 0 Å². The van der Waals surface area contributed by atoms with E-state index in [0.29, 0.717) is 37.4 Å². The minimum absolute atomic E-state index is 0.00681. The van der Waals surface area contributed by atoms with Crippen molar-refractivity contribution >= 4 is 39.9 Å². The van der Waals surface area contributed by atoms with E-state index in [2.05, 4.69) is 22.6 Å². The van der Waals surface area contributed by atoms with E-state index in [1.54, 1.807) is 29.2 Å². The number of halogens is 1. The first-order valence-corrected chi connectivity index (χ1v) is 8.67. The van der Waals surface area contributed by atoms with Crippen molar-refractivity contribution in [3.8, 4) is 0 Å². The maximum absolute atomic E-state index is 12.5. The monoisotopic (exact) mass is 437 g/mol. The number of hydrogen-bond donors (Lipinski definition) is 0. The van der Waals surface area contributed by atoms with Crippen molar-refractivity contribution in [3.05, 3.63) is 67.8 Å². The summed E-state index contributed by atoms with van der Waals surface area (Å²) in [5.74, 6) is 0.00681. The SMILES string of the molecule is O=C(c1ccccc1)N1CCN(c2ccc(I)cc2[N+](=O)[O-])CC1. The molecule has 0 radical (unpaired) electrons. The van der Waals surface area contributed by atoms with E-state index in [4.69, 9.17) is 0 Å². The number of amides is 1. The van der Waals surface area contributed by atoms with Crippen molar-refractivity contribution in [2.24, 2.45) is 0 Å². The van der Waals surface area contributed by atoms with Crippen molar-refractivity contribution in [1.82, 2.24) is 4.90 Å². The molecule has 1 saturated heterocycles. The molecule has 3 rings (SSSR count). The number of benzene rings is 2. The Labute approximate surface area is 153 Å². The molecule has 0 atom stereocenters. The number of piperazine rings is 1. The van der Waals surface area contributed by atoms with Crippen LogP contribution in [0.1, 0.15) is 10.4 Å². The molecular weight excluding hydrogens is 421 g/mol. The van der Waals surface area contributed by atoms with Crippen LogP contribution in [0.25, 0.3) is 0 Å². The highest BCUT2D eigenvalue weighted by molar-refractivity contribution is 14.1. The average Bonchev–Trinajstić information content (AvgIpc) is 2.62. The Bertz CT molecular complexity index is 759. The third-order valence-electron chi connectivity index (χ3n) is 4.06. The lowest BCUT2D eigenvalue weighted by atomic mass is 10.1. The molecule has 0 aliphatic carbocycles. The third-order valence-corrected chi connectivity index (χ3v) is 4.73. The Morgan fingerprint density at radius 2 is 1.71 bits per heavy atom. The molecule has 1 aliphatic rings. The number of rotatable bonds is 3. The Morgan fingerprint density at radius 3 is 2.33 bits per heavy atom. The van der Waals surface area contributed by atoms with Gasteiger partial charge in [-0.2, -0.15) is 0 Å². The first-order chi connectivity index (χ1) is 11.6. The third kappa shape index (κ3) is 3.50. The minimum Gasteiger partial charge on any atom is -0.362 e. The van der Waals surface area contributed by atoms with Gasteiger partial charge in [-0.05, 0) is 46.9 Å². The van der Waals surface area contributed by atoms with Crippen LogP contribution in [0.15, 0.2) is 48.5 Å². The molecule has 0 saturated carbocycles. The van der Waals surface area contributed by atoms with E-state index in [0.717, 1.165) is 3.57 Å². The molecular formula is C17H16IN3O3. The standard InChI is InChI=1S/C17H16IN3O3/c18-14-6-7-15(16(12-14)21(23)24)19-8-10-20(11-9-19)17(22)13-4-2-1-3-5-13/h1-7,12H,8-11H2. The van der Waals surface area contributed by atoms with Crippen LogP contribution in [0.4, 0.5) is 11.4 Å². The summed E-state index contributed by atoms with van der Waals surface area (Å²) in [5.41, 5.74) is 1.41. The van der Waals surface area contributed by atoms with E-state index in [-0.39, 0.29) is 16.5 Å². The maximum Gasteiger partial charge on any atom is 0.293 e. The van der Waals surface area contributed by atoms with Crippen molar-refractivity contribution in [2.75, 3.05) is 31.1 Å². The molecule has 6 nitrogen and oxygen atoms in total. The fourth-order valence-corrected chi connectivity index (χ4v) is 3.30. The van der Waals surface area contributed by atoms with E-state index >= 15 is 0 Å². The highest BCUT2D eigenvalue weighted by Crippen LogP contribution is 2.30. The first kappa shape index (κ1) is 16.7. The molecule has 0 aromatic heterocycles. The fourth-order valence-electron chi connectivity index (χ4n) is 2.82. The second-order valence-electron chi connectivity index (χ2n) is 5.54. The lowest BCUT2D eigenvalue weighted by Gasteiger charge is -2.35.